The molecule has 5 rings (SSSR count). The van der Waals surface area contributed by atoms with Gasteiger partial charge in [0.1, 0.15) is 17.1 Å². The number of hydrogen-bond donors (Lipinski definition) is 2. The number of aryl methyl sites for hydroxylation is 1. The molecule has 12 heteroatoms. The maximum atomic E-state index is 13.2. The Kier molecular flexibility index (Phi) is 5.34. The highest BCUT2D eigenvalue weighted by Crippen LogP contribution is 2.31. The van der Waals surface area contributed by atoms with E-state index in [1.54, 1.807) is 19.1 Å². The molecule has 0 aliphatic carbocycles. The number of anilines is 1. The van der Waals surface area contributed by atoms with E-state index >= 15 is 0 Å². The van der Waals surface area contributed by atoms with Gasteiger partial charge in [-0.3, -0.25) is 9.52 Å². The molecule has 1 aromatic carbocycles. The maximum absolute atomic E-state index is 13.2. The third-order valence-corrected chi connectivity index (χ3v) is 6.47. The topological polar surface area (TPSA) is 144 Å². The van der Waals surface area contributed by atoms with Gasteiger partial charge in [0.15, 0.2) is 16.1 Å². The van der Waals surface area contributed by atoms with Gasteiger partial charge in [-0.25, -0.2) is 23.4 Å². The number of aromatic amines is 1. The minimum Gasteiger partial charge on any atom is -0.362 e. The molecule has 0 radical (unpaired) electrons. The van der Waals surface area contributed by atoms with Crippen LogP contribution in [0.1, 0.15) is 5.69 Å². The van der Waals surface area contributed by atoms with Crippen molar-refractivity contribution in [3.63, 3.8) is 0 Å². The minimum absolute atomic E-state index is 0.0765. The lowest BCUT2D eigenvalue weighted by Gasteiger charge is -2.12. The zero-order valence-electron chi connectivity index (χ0n) is 17.5. The normalized spacial score (nSPS) is 11.6. The second-order valence-electron chi connectivity index (χ2n) is 7.30. The standard InChI is InChI=1S/C22H15ClN6O4S/c1-12-7-14(8-17(23)26-12)19-18(13-5-3-2-4-6-13)28-22-20(27-19)21(30)16(10-24-22)34(31,32)29-15-9-25-33-11-15/h2-11,29H,1H3,(H,24,28,30). The molecule has 2 N–H and O–H groups in total. The van der Waals surface area contributed by atoms with Crippen molar-refractivity contribution in [2.45, 2.75) is 11.8 Å². The SMILES string of the molecule is Cc1cc(-c2nc3c(=O)c(S(=O)(=O)Nc4cnoc4)c[nH]c3nc2-c2ccccc2)cc(Cl)n1. The Morgan fingerprint density at radius 2 is 1.79 bits per heavy atom. The molecule has 0 spiro atoms. The highest BCUT2D eigenvalue weighted by Gasteiger charge is 2.23. The molecule has 0 bridgehead atoms. The van der Waals surface area contributed by atoms with Crippen LogP contribution in [-0.4, -0.2) is 33.5 Å². The Hall–Kier alpha value is -4.09. The average molecular weight is 495 g/mol. The van der Waals surface area contributed by atoms with Gasteiger partial charge in [0.25, 0.3) is 10.0 Å². The molecule has 0 fully saturated rings. The first-order valence-electron chi connectivity index (χ1n) is 9.87. The van der Waals surface area contributed by atoms with Crippen molar-refractivity contribution in [1.29, 1.82) is 0 Å². The van der Waals surface area contributed by atoms with Gasteiger partial charge in [-0.15, -0.1) is 0 Å². The number of sulfonamides is 1. The predicted octanol–water partition coefficient (Wildman–Crippen LogP) is 3.80. The Morgan fingerprint density at radius 1 is 1.03 bits per heavy atom. The van der Waals surface area contributed by atoms with Gasteiger partial charge in [-0.1, -0.05) is 47.1 Å². The second-order valence-corrected chi connectivity index (χ2v) is 9.34. The number of pyridine rings is 2. The molecule has 0 unspecified atom stereocenters. The summed E-state index contributed by atoms with van der Waals surface area (Å²) in [6.07, 6.45) is 3.36. The van der Waals surface area contributed by atoms with Gasteiger partial charge in [-0.2, -0.15) is 0 Å². The van der Waals surface area contributed by atoms with Crippen molar-refractivity contribution in [2.75, 3.05) is 4.72 Å². The van der Waals surface area contributed by atoms with Crippen molar-refractivity contribution >= 4 is 38.5 Å². The van der Waals surface area contributed by atoms with E-state index in [2.05, 4.69) is 34.3 Å². The summed E-state index contributed by atoms with van der Waals surface area (Å²) in [7, 11) is -4.25. The van der Waals surface area contributed by atoms with E-state index in [4.69, 9.17) is 11.6 Å². The van der Waals surface area contributed by atoms with Crippen LogP contribution in [0.2, 0.25) is 5.15 Å². The maximum Gasteiger partial charge on any atom is 0.267 e. The summed E-state index contributed by atoms with van der Waals surface area (Å²) in [4.78, 5) is 28.9. The highest BCUT2D eigenvalue weighted by atomic mass is 35.5. The summed E-state index contributed by atoms with van der Waals surface area (Å²) in [5.74, 6) is 0. The first kappa shape index (κ1) is 21.7. The Bertz CT molecular complexity index is 1670. The first-order valence-corrected chi connectivity index (χ1v) is 11.7. The lowest BCUT2D eigenvalue weighted by molar-refractivity contribution is 0.420. The molecule has 10 nitrogen and oxygen atoms in total. The zero-order chi connectivity index (χ0) is 23.9. The molecule has 170 valence electrons. The van der Waals surface area contributed by atoms with Gasteiger partial charge in [0, 0.05) is 23.0 Å². The van der Waals surface area contributed by atoms with Crippen LogP contribution in [0.25, 0.3) is 33.7 Å². The van der Waals surface area contributed by atoms with Crippen LogP contribution < -0.4 is 10.2 Å². The number of rotatable bonds is 5. The fourth-order valence-corrected chi connectivity index (χ4v) is 4.77. The summed E-state index contributed by atoms with van der Waals surface area (Å²) >= 11 is 6.17. The number of hydrogen-bond acceptors (Lipinski definition) is 8. The quantitative estimate of drug-likeness (QED) is 0.351. The van der Waals surface area contributed by atoms with Crippen LogP contribution in [0.15, 0.2) is 75.3 Å². The number of halogens is 1. The minimum atomic E-state index is -4.25. The summed E-state index contributed by atoms with van der Waals surface area (Å²) in [5, 5.41) is 3.69. The second kappa shape index (κ2) is 8.36. The van der Waals surface area contributed by atoms with Crippen molar-refractivity contribution in [3.8, 4) is 22.5 Å². The highest BCUT2D eigenvalue weighted by molar-refractivity contribution is 7.92. The van der Waals surface area contributed by atoms with E-state index in [1.165, 1.54) is 6.20 Å². The van der Waals surface area contributed by atoms with Crippen molar-refractivity contribution in [1.82, 2.24) is 25.1 Å². The molecule has 34 heavy (non-hydrogen) atoms. The van der Waals surface area contributed by atoms with Gasteiger partial charge in [0.2, 0.25) is 5.43 Å². The fourth-order valence-electron chi connectivity index (χ4n) is 3.44. The molecule has 4 aromatic heterocycles. The molecule has 0 saturated carbocycles. The molecular weight excluding hydrogens is 480 g/mol. The molecule has 0 saturated heterocycles. The lowest BCUT2D eigenvalue weighted by atomic mass is 10.0. The number of fused-ring (bicyclic) bond motifs is 1. The van der Waals surface area contributed by atoms with E-state index in [-0.39, 0.29) is 22.0 Å². The van der Waals surface area contributed by atoms with Crippen LogP contribution in [0.5, 0.6) is 0 Å². The lowest BCUT2D eigenvalue weighted by Crippen LogP contribution is -2.22. The molecule has 4 heterocycles. The number of nitrogens with zero attached hydrogens (tertiary/aromatic N) is 4. The van der Waals surface area contributed by atoms with E-state index in [0.29, 0.717) is 22.6 Å². The Labute approximate surface area is 197 Å². The molecule has 0 aliphatic rings. The van der Waals surface area contributed by atoms with E-state index in [0.717, 1.165) is 18.0 Å². The number of H-pyrrole nitrogens is 1. The van der Waals surface area contributed by atoms with Crippen LogP contribution in [-0.2, 0) is 10.0 Å². The largest absolute Gasteiger partial charge is 0.362 e. The smallest absolute Gasteiger partial charge is 0.267 e. The number of nitrogens with one attached hydrogen (secondary N) is 2. The third-order valence-electron chi connectivity index (χ3n) is 4.89. The van der Waals surface area contributed by atoms with Crippen LogP contribution in [0.4, 0.5) is 5.69 Å². The monoisotopic (exact) mass is 494 g/mol. The van der Waals surface area contributed by atoms with Gasteiger partial charge >= 0.3 is 0 Å². The fraction of sp³-hybridized carbons (Fsp3) is 0.0455. The van der Waals surface area contributed by atoms with Gasteiger partial charge < -0.3 is 9.51 Å². The summed E-state index contributed by atoms with van der Waals surface area (Å²) < 4.78 is 32.5. The average Bonchev–Trinajstić information content (AvgIpc) is 3.30. The van der Waals surface area contributed by atoms with Gasteiger partial charge in [0.05, 0.1) is 17.6 Å². The molecule has 0 aliphatic heterocycles. The predicted molar refractivity (Wildman–Crippen MR) is 126 cm³/mol. The van der Waals surface area contributed by atoms with Gasteiger partial charge in [-0.05, 0) is 19.1 Å². The Morgan fingerprint density at radius 3 is 2.50 bits per heavy atom. The molecular formula is C22H15ClN6O4S. The summed E-state index contributed by atoms with van der Waals surface area (Å²) in [6.45, 7) is 1.78. The van der Waals surface area contributed by atoms with Crippen molar-refractivity contribution in [3.05, 3.63) is 82.2 Å². The van der Waals surface area contributed by atoms with Crippen LogP contribution in [0, 0.1) is 6.92 Å². The summed E-state index contributed by atoms with van der Waals surface area (Å²) in [5.41, 5.74) is 2.08. The van der Waals surface area contributed by atoms with Crippen LogP contribution in [0.3, 0.4) is 0 Å². The zero-order valence-corrected chi connectivity index (χ0v) is 19.1. The molecule has 5 aromatic rings. The Balaban J connectivity index is 1.76. The molecule has 0 atom stereocenters. The van der Waals surface area contributed by atoms with E-state index < -0.39 is 20.3 Å². The van der Waals surface area contributed by atoms with Crippen molar-refractivity contribution < 1.29 is 12.9 Å². The molecule has 0 amide bonds. The number of benzene rings is 1. The van der Waals surface area contributed by atoms with Crippen molar-refractivity contribution in [2.24, 2.45) is 0 Å². The summed E-state index contributed by atoms with van der Waals surface area (Å²) in [6, 6.07) is 12.7. The van der Waals surface area contributed by atoms with E-state index in [9.17, 15) is 13.2 Å². The number of aromatic nitrogens is 5. The third kappa shape index (κ3) is 4.02. The van der Waals surface area contributed by atoms with E-state index in [1.807, 2.05) is 30.3 Å². The first-order chi connectivity index (χ1) is 16.3. The van der Waals surface area contributed by atoms with Crippen LogP contribution >= 0.6 is 11.6 Å².